The summed E-state index contributed by atoms with van der Waals surface area (Å²) in [5.41, 5.74) is 0.647. The second-order valence-corrected chi connectivity index (χ2v) is 6.11. The molecule has 7 heteroatoms. The molecule has 2 heterocycles. The van der Waals surface area contributed by atoms with Gasteiger partial charge in [-0.15, -0.1) is 0 Å². The molecular formula is C18H22N4O3. The molecule has 0 aliphatic carbocycles. The zero-order chi connectivity index (χ0) is 17.8. The van der Waals surface area contributed by atoms with E-state index in [1.54, 1.807) is 18.1 Å². The van der Waals surface area contributed by atoms with E-state index in [0.29, 0.717) is 24.6 Å². The molecule has 1 aliphatic heterocycles. The van der Waals surface area contributed by atoms with E-state index in [2.05, 4.69) is 10.3 Å². The fraction of sp³-hybridized carbons (Fsp3) is 0.333. The van der Waals surface area contributed by atoms with Gasteiger partial charge in [0.1, 0.15) is 12.4 Å². The Morgan fingerprint density at radius 2 is 1.96 bits per heavy atom. The molecule has 1 aliphatic rings. The molecule has 25 heavy (non-hydrogen) atoms. The summed E-state index contributed by atoms with van der Waals surface area (Å²) in [4.78, 5) is 20.1. The fourth-order valence-corrected chi connectivity index (χ4v) is 2.48. The number of amides is 2. The molecule has 0 bridgehead atoms. The molecule has 7 nitrogen and oxygen atoms in total. The third-order valence-corrected chi connectivity index (χ3v) is 3.85. The predicted molar refractivity (Wildman–Crippen MR) is 96.6 cm³/mol. The number of likely N-dealkylation sites (N-methyl/N-ethyl adjacent to an activating group) is 1. The number of para-hydroxylation sites is 2. The Bertz CT molecular complexity index is 733. The van der Waals surface area contributed by atoms with Crippen molar-refractivity contribution in [1.82, 2.24) is 9.88 Å². The number of rotatable bonds is 4. The van der Waals surface area contributed by atoms with Gasteiger partial charge in [-0.25, -0.2) is 9.78 Å². The van der Waals surface area contributed by atoms with Crippen LogP contribution < -0.4 is 19.7 Å². The number of nitrogens with one attached hydrogen (secondary N) is 1. The van der Waals surface area contributed by atoms with E-state index in [1.165, 1.54) is 0 Å². The minimum Gasteiger partial charge on any atom is -0.486 e. The van der Waals surface area contributed by atoms with Crippen molar-refractivity contribution < 1.29 is 14.3 Å². The summed E-state index contributed by atoms with van der Waals surface area (Å²) in [6, 6.07) is 11.0. The maximum Gasteiger partial charge on any atom is 0.321 e. The van der Waals surface area contributed by atoms with Crippen molar-refractivity contribution in [3.63, 3.8) is 0 Å². The van der Waals surface area contributed by atoms with Gasteiger partial charge in [0.05, 0.1) is 18.4 Å². The average molecular weight is 342 g/mol. The fourth-order valence-electron chi connectivity index (χ4n) is 2.48. The zero-order valence-electron chi connectivity index (χ0n) is 14.6. The molecule has 1 aromatic carbocycles. The summed E-state index contributed by atoms with van der Waals surface area (Å²) in [7, 11) is 5.55. The number of urea groups is 1. The zero-order valence-corrected chi connectivity index (χ0v) is 14.6. The van der Waals surface area contributed by atoms with Crippen LogP contribution in [-0.4, -0.2) is 56.3 Å². The summed E-state index contributed by atoms with van der Waals surface area (Å²) in [5, 5.41) is 2.83. The van der Waals surface area contributed by atoms with Gasteiger partial charge >= 0.3 is 6.03 Å². The molecule has 132 valence electrons. The minimum absolute atomic E-state index is 0.208. The Morgan fingerprint density at radius 3 is 2.64 bits per heavy atom. The third kappa shape index (κ3) is 4.12. The number of ether oxygens (including phenoxy) is 2. The summed E-state index contributed by atoms with van der Waals surface area (Å²) in [6.07, 6.45) is 1.43. The molecule has 2 amide bonds. The van der Waals surface area contributed by atoms with Crippen LogP contribution in [0.2, 0.25) is 0 Å². The van der Waals surface area contributed by atoms with E-state index in [-0.39, 0.29) is 12.1 Å². The lowest BCUT2D eigenvalue weighted by Crippen LogP contribution is -2.43. The first-order valence-electron chi connectivity index (χ1n) is 8.07. The van der Waals surface area contributed by atoms with Crippen LogP contribution in [-0.2, 0) is 0 Å². The molecule has 1 atom stereocenters. The van der Waals surface area contributed by atoms with Crippen LogP contribution in [0, 0.1) is 0 Å². The van der Waals surface area contributed by atoms with Gasteiger partial charge in [-0.1, -0.05) is 12.1 Å². The van der Waals surface area contributed by atoms with Gasteiger partial charge < -0.3 is 24.6 Å². The summed E-state index contributed by atoms with van der Waals surface area (Å²) < 4.78 is 11.6. The Labute approximate surface area is 147 Å². The Kier molecular flexibility index (Phi) is 4.92. The van der Waals surface area contributed by atoms with Crippen LogP contribution >= 0.6 is 0 Å². The van der Waals surface area contributed by atoms with Crippen LogP contribution in [0.25, 0.3) is 0 Å². The Hall–Kier alpha value is -2.96. The number of hydrogen-bond acceptors (Lipinski definition) is 5. The lowest BCUT2D eigenvalue weighted by molar-refractivity contribution is 0.0731. The second-order valence-electron chi connectivity index (χ2n) is 6.11. The molecule has 0 saturated heterocycles. The summed E-state index contributed by atoms with van der Waals surface area (Å²) >= 11 is 0. The third-order valence-electron chi connectivity index (χ3n) is 3.85. The highest BCUT2D eigenvalue weighted by molar-refractivity contribution is 5.89. The van der Waals surface area contributed by atoms with E-state index in [1.807, 2.05) is 55.4 Å². The van der Waals surface area contributed by atoms with Gasteiger partial charge in [0.2, 0.25) is 0 Å². The van der Waals surface area contributed by atoms with Gasteiger partial charge in [0.25, 0.3) is 0 Å². The van der Waals surface area contributed by atoms with Crippen LogP contribution in [0.4, 0.5) is 16.3 Å². The molecule has 1 N–H and O–H groups in total. The predicted octanol–water partition coefficient (Wildman–Crippen LogP) is 2.45. The van der Waals surface area contributed by atoms with E-state index >= 15 is 0 Å². The number of fused-ring (bicyclic) bond motifs is 1. The van der Waals surface area contributed by atoms with E-state index in [4.69, 9.17) is 9.47 Å². The van der Waals surface area contributed by atoms with Gasteiger partial charge in [-0.2, -0.15) is 0 Å². The molecule has 1 aromatic heterocycles. The molecular weight excluding hydrogens is 320 g/mol. The minimum atomic E-state index is -0.220. The number of carbonyl (C=O) groups excluding carboxylic acids is 1. The first-order valence-corrected chi connectivity index (χ1v) is 8.07. The quantitative estimate of drug-likeness (QED) is 0.924. The summed E-state index contributed by atoms with van der Waals surface area (Å²) in [5.74, 6) is 2.27. The number of nitrogens with zero attached hydrogens (tertiary/aromatic N) is 3. The van der Waals surface area contributed by atoms with Crippen molar-refractivity contribution in [3.8, 4) is 11.5 Å². The highest BCUT2D eigenvalue weighted by Crippen LogP contribution is 2.30. The van der Waals surface area contributed by atoms with E-state index in [9.17, 15) is 4.79 Å². The summed E-state index contributed by atoms with van der Waals surface area (Å²) in [6.45, 7) is 0.830. The van der Waals surface area contributed by atoms with Crippen molar-refractivity contribution in [2.24, 2.45) is 0 Å². The maximum atomic E-state index is 12.3. The topological polar surface area (TPSA) is 66.9 Å². The number of benzene rings is 1. The Morgan fingerprint density at radius 1 is 1.20 bits per heavy atom. The molecule has 0 unspecified atom stereocenters. The number of anilines is 2. The van der Waals surface area contributed by atoms with Crippen LogP contribution in [0.1, 0.15) is 0 Å². The van der Waals surface area contributed by atoms with Crippen LogP contribution in [0.5, 0.6) is 11.5 Å². The lowest BCUT2D eigenvalue weighted by atomic mass is 10.2. The van der Waals surface area contributed by atoms with Gasteiger partial charge in [-0.05, 0) is 24.3 Å². The highest BCUT2D eigenvalue weighted by atomic mass is 16.6. The first kappa shape index (κ1) is 16.9. The van der Waals surface area contributed by atoms with Crippen molar-refractivity contribution in [2.75, 3.05) is 44.5 Å². The van der Waals surface area contributed by atoms with Crippen molar-refractivity contribution in [2.45, 2.75) is 6.10 Å². The number of carbonyl (C=O) groups is 1. The van der Waals surface area contributed by atoms with E-state index in [0.717, 1.165) is 11.6 Å². The van der Waals surface area contributed by atoms with Crippen LogP contribution in [0.15, 0.2) is 42.6 Å². The molecule has 0 fully saturated rings. The molecule has 3 rings (SSSR count). The molecule has 2 aromatic rings. The number of pyridine rings is 1. The van der Waals surface area contributed by atoms with E-state index < -0.39 is 0 Å². The second kappa shape index (κ2) is 7.29. The number of aromatic nitrogens is 1. The standard InChI is InChI=1S/C18H22N4O3/c1-21(2)17-9-8-13(10-19-17)20-18(23)22(3)11-14-12-24-15-6-4-5-7-16(15)25-14/h4-10,14H,11-12H2,1-3H3,(H,20,23)/t14-/m1/s1. The average Bonchev–Trinajstić information content (AvgIpc) is 2.62. The molecule has 0 radical (unpaired) electrons. The van der Waals surface area contributed by atoms with Crippen molar-refractivity contribution in [1.29, 1.82) is 0 Å². The maximum absolute atomic E-state index is 12.3. The van der Waals surface area contributed by atoms with Gasteiger partial charge in [0.15, 0.2) is 17.6 Å². The first-order chi connectivity index (χ1) is 12.0. The SMILES string of the molecule is CN(C[C@@H]1COc2ccccc2O1)C(=O)Nc1ccc(N(C)C)nc1. The van der Waals surface area contributed by atoms with Crippen molar-refractivity contribution in [3.05, 3.63) is 42.6 Å². The number of hydrogen-bond donors (Lipinski definition) is 1. The highest BCUT2D eigenvalue weighted by Gasteiger charge is 2.23. The molecule has 0 spiro atoms. The lowest BCUT2D eigenvalue weighted by Gasteiger charge is -2.29. The smallest absolute Gasteiger partial charge is 0.321 e. The largest absolute Gasteiger partial charge is 0.486 e. The van der Waals surface area contributed by atoms with Gasteiger partial charge in [0, 0.05) is 21.1 Å². The molecule has 0 saturated carbocycles. The van der Waals surface area contributed by atoms with Crippen LogP contribution in [0.3, 0.4) is 0 Å². The monoisotopic (exact) mass is 342 g/mol. The van der Waals surface area contributed by atoms with Gasteiger partial charge in [-0.3, -0.25) is 0 Å². The Balaban J connectivity index is 1.54. The normalized spacial score (nSPS) is 15.4. The van der Waals surface area contributed by atoms with Crippen molar-refractivity contribution >= 4 is 17.5 Å².